The summed E-state index contributed by atoms with van der Waals surface area (Å²) < 4.78 is 3.98. The van der Waals surface area contributed by atoms with Crippen molar-refractivity contribution in [3.05, 3.63) is 10.8 Å². The third-order valence-corrected chi connectivity index (χ3v) is 4.04. The van der Waals surface area contributed by atoms with Crippen LogP contribution in [0.15, 0.2) is 10.8 Å². The van der Waals surface area contributed by atoms with Gasteiger partial charge in [0.25, 0.3) is 0 Å². The van der Waals surface area contributed by atoms with E-state index in [4.69, 9.17) is 39.5 Å². The van der Waals surface area contributed by atoms with Crippen LogP contribution in [0.3, 0.4) is 0 Å². The van der Waals surface area contributed by atoms with Gasteiger partial charge in [0.1, 0.15) is 4.33 Å². The van der Waals surface area contributed by atoms with E-state index < -0.39 is 4.33 Å². The Balaban J connectivity index is 2.74. The summed E-state index contributed by atoms with van der Waals surface area (Å²) in [6, 6.07) is 0. The lowest BCUT2D eigenvalue weighted by Gasteiger charge is -2.11. The molecule has 0 amide bonds. The molecule has 0 spiro atoms. The maximum Gasteiger partial charge on any atom is 0.234 e. The molecule has 0 aromatic heterocycles. The number of hydrogen-bond donors (Lipinski definition) is 0. The first-order valence-electron chi connectivity index (χ1n) is 4.05. The molecule has 0 aliphatic heterocycles. The van der Waals surface area contributed by atoms with Gasteiger partial charge in [0.2, 0.25) is 6.29 Å². The van der Waals surface area contributed by atoms with E-state index >= 15 is 0 Å². The Morgan fingerprint density at radius 3 is 2.36 bits per heavy atom. The van der Waals surface area contributed by atoms with Gasteiger partial charge >= 0.3 is 0 Å². The first-order valence-corrected chi connectivity index (χ1v) is 5.18. The molecule has 14 heavy (non-hydrogen) atoms. The quantitative estimate of drug-likeness (QED) is 0.439. The molecule has 0 bridgehead atoms. The second kappa shape index (κ2) is 3.92. The van der Waals surface area contributed by atoms with Crippen LogP contribution in [-0.4, -0.2) is 17.7 Å². The summed E-state index contributed by atoms with van der Waals surface area (Å²) in [7, 11) is 1.39. The van der Waals surface area contributed by atoms with E-state index in [1.807, 2.05) is 6.92 Å². The highest BCUT2D eigenvalue weighted by atomic mass is 35.5. The number of hydrogen-bond acceptors (Lipinski definition) is 2. The van der Waals surface area contributed by atoms with Gasteiger partial charge < -0.3 is 4.74 Å². The van der Waals surface area contributed by atoms with Gasteiger partial charge in [0.05, 0.1) is 12.7 Å². The molecular weight excluding hydrogens is 246 g/mol. The van der Waals surface area contributed by atoms with Gasteiger partial charge in [-0.05, 0) is 24.4 Å². The highest BCUT2D eigenvalue weighted by molar-refractivity contribution is 6.51. The minimum Gasteiger partial charge on any atom is -0.486 e. The topological polar surface area (TPSA) is 26.3 Å². The largest absolute Gasteiger partial charge is 0.486 e. The fourth-order valence-corrected chi connectivity index (χ4v) is 2.13. The minimum atomic E-state index is -0.764. The fraction of sp³-hybridized carbons (Fsp3) is 0.667. The van der Waals surface area contributed by atoms with E-state index in [0.29, 0.717) is 12.8 Å². The third-order valence-electron chi connectivity index (χ3n) is 2.48. The van der Waals surface area contributed by atoms with E-state index in [2.05, 4.69) is 0 Å². The van der Waals surface area contributed by atoms with E-state index in [1.165, 1.54) is 7.11 Å². The van der Waals surface area contributed by atoms with Crippen molar-refractivity contribution >= 4 is 41.1 Å². The average Bonchev–Trinajstić information content (AvgIpc) is 2.60. The lowest BCUT2D eigenvalue weighted by molar-refractivity contribution is 0.315. The van der Waals surface area contributed by atoms with E-state index in [-0.39, 0.29) is 16.2 Å². The van der Waals surface area contributed by atoms with Crippen LogP contribution in [-0.2, 0) is 9.53 Å². The fourth-order valence-electron chi connectivity index (χ4n) is 1.30. The zero-order chi connectivity index (χ0) is 11.0. The molecule has 1 atom stereocenters. The Morgan fingerprint density at radius 2 is 2.07 bits per heavy atom. The van der Waals surface area contributed by atoms with Crippen molar-refractivity contribution < 1.29 is 9.53 Å². The van der Waals surface area contributed by atoms with Crippen molar-refractivity contribution in [2.45, 2.75) is 24.1 Å². The minimum absolute atomic E-state index is 0.0530. The number of allylic oxidation sites excluding steroid dienone is 1. The molecule has 2 nitrogen and oxygen atoms in total. The Bertz CT molecular complexity index is 286. The number of alkyl halides is 2. The number of methoxy groups -OCH3 is 1. The maximum absolute atomic E-state index is 10.6. The van der Waals surface area contributed by atoms with Crippen molar-refractivity contribution in [2.75, 3.05) is 7.11 Å². The Hall–Kier alpha value is 0.0800. The van der Waals surface area contributed by atoms with Crippen LogP contribution in [0.4, 0.5) is 0 Å². The van der Waals surface area contributed by atoms with Gasteiger partial charge in [-0.25, -0.2) is 0 Å². The van der Waals surface area contributed by atoms with E-state index in [1.54, 1.807) is 6.29 Å². The molecule has 0 aromatic rings. The summed E-state index contributed by atoms with van der Waals surface area (Å²) in [4.78, 5) is 10.6. The van der Waals surface area contributed by atoms with Gasteiger partial charge in [-0.3, -0.25) is 4.79 Å². The smallest absolute Gasteiger partial charge is 0.234 e. The van der Waals surface area contributed by atoms with Crippen LogP contribution < -0.4 is 0 Å². The van der Waals surface area contributed by atoms with Crippen LogP contribution in [0.25, 0.3) is 0 Å². The molecule has 1 saturated carbocycles. The first-order chi connectivity index (χ1) is 6.36. The molecule has 1 aliphatic rings. The summed E-state index contributed by atoms with van der Waals surface area (Å²) in [6.45, 7) is 1.89. The normalized spacial score (nSPS) is 30.6. The van der Waals surface area contributed by atoms with Crippen molar-refractivity contribution in [2.24, 2.45) is 5.41 Å². The molecule has 1 aliphatic carbocycles. The molecule has 0 saturated heterocycles. The number of halogens is 3. The third kappa shape index (κ3) is 2.18. The molecule has 1 radical (unpaired) electrons. The number of ether oxygens (including phenoxy) is 1. The lowest BCUT2D eigenvalue weighted by atomic mass is 10.0. The predicted molar refractivity (Wildman–Crippen MR) is 57.4 cm³/mol. The van der Waals surface area contributed by atoms with Crippen LogP contribution in [0.2, 0.25) is 0 Å². The van der Waals surface area contributed by atoms with Gasteiger partial charge in [-0.1, -0.05) is 6.92 Å². The summed E-state index contributed by atoms with van der Waals surface area (Å²) in [5.74, 6) is 0. The molecule has 0 N–H and O–H groups in total. The summed E-state index contributed by atoms with van der Waals surface area (Å²) in [6.07, 6.45) is 2.77. The van der Waals surface area contributed by atoms with E-state index in [0.717, 1.165) is 0 Å². The molecule has 1 fully saturated rings. The summed E-state index contributed by atoms with van der Waals surface area (Å²) in [5, 5.41) is 0.0530. The predicted octanol–water partition coefficient (Wildman–Crippen LogP) is 3.17. The second-order valence-corrected chi connectivity index (χ2v) is 5.50. The van der Waals surface area contributed by atoms with Crippen LogP contribution >= 0.6 is 34.8 Å². The monoisotopic (exact) mass is 255 g/mol. The van der Waals surface area contributed by atoms with Crippen LogP contribution in [0.1, 0.15) is 19.8 Å². The SMILES string of the molecule is COC(Cl)=C([C]=O)CC1(C)CC1(Cl)Cl. The van der Waals surface area contributed by atoms with Crippen molar-refractivity contribution in [3.8, 4) is 0 Å². The van der Waals surface area contributed by atoms with Crippen molar-refractivity contribution in [1.29, 1.82) is 0 Å². The van der Waals surface area contributed by atoms with Gasteiger partial charge in [0, 0.05) is 5.41 Å². The first kappa shape index (κ1) is 12.2. The van der Waals surface area contributed by atoms with E-state index in [9.17, 15) is 4.79 Å². The van der Waals surface area contributed by atoms with Crippen molar-refractivity contribution in [3.63, 3.8) is 0 Å². The second-order valence-electron chi connectivity index (χ2n) is 3.68. The van der Waals surface area contributed by atoms with Gasteiger partial charge in [-0.2, -0.15) is 0 Å². The zero-order valence-corrected chi connectivity index (χ0v) is 10.1. The molecule has 0 heterocycles. The molecule has 5 heteroatoms. The maximum atomic E-state index is 10.6. The Kier molecular flexibility index (Phi) is 3.40. The standard InChI is InChI=1S/C9H10Cl3O2/c1-8(5-9(8,11)12)3-6(4-13)7(10)14-2/h3,5H2,1-2H3. The van der Waals surface area contributed by atoms with Gasteiger partial charge in [-0.15, -0.1) is 23.2 Å². The molecular formula is C9H10Cl3O2. The number of carbonyl (C=O) groups excluding carboxylic acids is 1. The molecule has 79 valence electrons. The molecule has 1 unspecified atom stereocenters. The summed E-state index contributed by atoms with van der Waals surface area (Å²) in [5.41, 5.74) is -0.0264. The molecule has 1 rings (SSSR count). The zero-order valence-electron chi connectivity index (χ0n) is 7.86. The van der Waals surface area contributed by atoms with Gasteiger partial charge in [0.15, 0.2) is 5.22 Å². The lowest BCUT2D eigenvalue weighted by Crippen LogP contribution is -2.07. The Morgan fingerprint density at radius 1 is 1.57 bits per heavy atom. The van der Waals surface area contributed by atoms with Crippen molar-refractivity contribution in [1.82, 2.24) is 0 Å². The Labute approximate surface area is 98.1 Å². The number of rotatable bonds is 4. The average molecular weight is 257 g/mol. The van der Waals surface area contributed by atoms with Crippen LogP contribution in [0, 0.1) is 5.41 Å². The van der Waals surface area contributed by atoms with Crippen LogP contribution in [0.5, 0.6) is 0 Å². The highest BCUT2D eigenvalue weighted by Gasteiger charge is 2.62. The molecule has 0 aromatic carbocycles. The highest BCUT2D eigenvalue weighted by Crippen LogP contribution is 2.66. The summed E-state index contributed by atoms with van der Waals surface area (Å²) >= 11 is 17.5.